The smallest absolute Gasteiger partial charge is 0.409 e. The molecule has 2 aliphatic rings. The predicted octanol–water partition coefficient (Wildman–Crippen LogP) is 0.743. The molecule has 0 aromatic carbocycles. The molecular weight excluding hydrogens is 208 g/mol. The zero-order chi connectivity index (χ0) is 11.5. The summed E-state index contributed by atoms with van der Waals surface area (Å²) in [6, 6.07) is 0.422. The van der Waals surface area contributed by atoms with Crippen molar-refractivity contribution < 1.29 is 14.3 Å². The second-order valence-electron chi connectivity index (χ2n) is 4.51. The number of piperidine rings is 1. The number of amides is 2. The second kappa shape index (κ2) is 4.72. The van der Waals surface area contributed by atoms with E-state index in [9.17, 15) is 9.59 Å². The average Bonchev–Trinajstić information content (AvgIpc) is 3.12. The summed E-state index contributed by atoms with van der Waals surface area (Å²) in [5.74, 6) is 0.230. The van der Waals surface area contributed by atoms with E-state index < -0.39 is 0 Å². The molecule has 2 fully saturated rings. The number of rotatable bonds is 2. The maximum atomic E-state index is 11.7. The SMILES string of the molecule is COC(=O)N1CCC(C(=O)NC2CC2)CC1. The molecule has 2 rings (SSSR count). The van der Waals surface area contributed by atoms with Crippen LogP contribution in [0.2, 0.25) is 0 Å². The molecule has 1 N–H and O–H groups in total. The molecule has 0 spiro atoms. The van der Waals surface area contributed by atoms with Crippen LogP contribution in [0.1, 0.15) is 25.7 Å². The summed E-state index contributed by atoms with van der Waals surface area (Å²) in [5, 5.41) is 3.01. The van der Waals surface area contributed by atoms with Crippen LogP contribution in [0.5, 0.6) is 0 Å². The van der Waals surface area contributed by atoms with E-state index in [1.807, 2.05) is 0 Å². The maximum absolute atomic E-state index is 11.7. The molecule has 5 heteroatoms. The molecule has 0 aromatic rings. The number of carbonyl (C=O) groups is 2. The predicted molar refractivity (Wildman–Crippen MR) is 57.9 cm³/mol. The zero-order valence-corrected chi connectivity index (χ0v) is 9.57. The van der Waals surface area contributed by atoms with Gasteiger partial charge in [-0.2, -0.15) is 0 Å². The molecule has 0 atom stereocenters. The normalized spacial score (nSPS) is 21.7. The maximum Gasteiger partial charge on any atom is 0.409 e. The van der Waals surface area contributed by atoms with Crippen LogP contribution < -0.4 is 5.32 Å². The quantitative estimate of drug-likeness (QED) is 0.755. The molecule has 0 radical (unpaired) electrons. The highest BCUT2D eigenvalue weighted by Crippen LogP contribution is 2.22. The van der Waals surface area contributed by atoms with E-state index in [1.54, 1.807) is 4.90 Å². The summed E-state index contributed by atoms with van der Waals surface area (Å²) in [4.78, 5) is 24.6. The van der Waals surface area contributed by atoms with Gasteiger partial charge in [0.25, 0.3) is 0 Å². The lowest BCUT2D eigenvalue weighted by Crippen LogP contribution is -2.43. The van der Waals surface area contributed by atoms with Gasteiger partial charge in [0.1, 0.15) is 0 Å². The van der Waals surface area contributed by atoms with E-state index in [0.29, 0.717) is 19.1 Å². The van der Waals surface area contributed by atoms with Gasteiger partial charge in [0.2, 0.25) is 5.91 Å². The van der Waals surface area contributed by atoms with Crippen molar-refractivity contribution in [3.8, 4) is 0 Å². The Balaban J connectivity index is 1.75. The third kappa shape index (κ3) is 2.65. The lowest BCUT2D eigenvalue weighted by molar-refractivity contribution is -0.126. The lowest BCUT2D eigenvalue weighted by atomic mass is 9.96. The van der Waals surface area contributed by atoms with Gasteiger partial charge in [0, 0.05) is 25.0 Å². The Morgan fingerprint density at radius 2 is 1.81 bits per heavy atom. The van der Waals surface area contributed by atoms with E-state index in [1.165, 1.54) is 7.11 Å². The number of nitrogens with one attached hydrogen (secondary N) is 1. The molecule has 0 unspecified atom stereocenters. The average molecular weight is 226 g/mol. The van der Waals surface area contributed by atoms with E-state index in [4.69, 9.17) is 0 Å². The monoisotopic (exact) mass is 226 g/mol. The summed E-state index contributed by atoms with van der Waals surface area (Å²) < 4.78 is 4.65. The fourth-order valence-corrected chi connectivity index (χ4v) is 2.00. The number of nitrogens with zero attached hydrogens (tertiary/aromatic N) is 1. The van der Waals surface area contributed by atoms with Gasteiger partial charge in [-0.15, -0.1) is 0 Å². The first-order chi connectivity index (χ1) is 7.70. The van der Waals surface area contributed by atoms with Crippen LogP contribution in [0.4, 0.5) is 4.79 Å². The van der Waals surface area contributed by atoms with Crippen molar-refractivity contribution >= 4 is 12.0 Å². The van der Waals surface area contributed by atoms with E-state index in [2.05, 4.69) is 10.1 Å². The van der Waals surface area contributed by atoms with Crippen LogP contribution in [-0.4, -0.2) is 43.1 Å². The number of ether oxygens (including phenoxy) is 1. The van der Waals surface area contributed by atoms with Crippen molar-refractivity contribution in [3.05, 3.63) is 0 Å². The highest BCUT2D eigenvalue weighted by Gasteiger charge is 2.31. The highest BCUT2D eigenvalue weighted by molar-refractivity contribution is 5.79. The minimum absolute atomic E-state index is 0.0708. The Morgan fingerprint density at radius 1 is 1.19 bits per heavy atom. The van der Waals surface area contributed by atoms with Gasteiger partial charge in [0.05, 0.1) is 7.11 Å². The Labute approximate surface area is 95.1 Å². The first-order valence-electron chi connectivity index (χ1n) is 5.84. The van der Waals surface area contributed by atoms with Crippen LogP contribution in [-0.2, 0) is 9.53 Å². The fraction of sp³-hybridized carbons (Fsp3) is 0.818. The molecule has 5 nitrogen and oxygen atoms in total. The van der Waals surface area contributed by atoms with E-state index in [-0.39, 0.29) is 17.9 Å². The summed E-state index contributed by atoms with van der Waals surface area (Å²) >= 11 is 0. The molecule has 2 amide bonds. The standard InChI is InChI=1S/C11H18N2O3/c1-16-11(15)13-6-4-8(5-7-13)10(14)12-9-2-3-9/h8-9H,2-7H2,1H3,(H,12,14). The molecule has 1 heterocycles. The third-order valence-electron chi connectivity index (χ3n) is 3.22. The first-order valence-corrected chi connectivity index (χ1v) is 5.84. The lowest BCUT2D eigenvalue weighted by Gasteiger charge is -2.30. The number of hydrogen-bond acceptors (Lipinski definition) is 3. The van der Waals surface area contributed by atoms with E-state index in [0.717, 1.165) is 25.7 Å². The van der Waals surface area contributed by atoms with Gasteiger partial charge >= 0.3 is 6.09 Å². The van der Waals surface area contributed by atoms with Crippen molar-refractivity contribution in [2.24, 2.45) is 5.92 Å². The molecule has 1 saturated carbocycles. The summed E-state index contributed by atoms with van der Waals surface area (Å²) in [6.07, 6.45) is 3.43. The van der Waals surface area contributed by atoms with Crippen molar-refractivity contribution in [1.82, 2.24) is 10.2 Å². The van der Waals surface area contributed by atoms with Gasteiger partial charge in [0.15, 0.2) is 0 Å². The minimum atomic E-state index is -0.291. The van der Waals surface area contributed by atoms with Crippen LogP contribution in [0, 0.1) is 5.92 Å². The van der Waals surface area contributed by atoms with Gasteiger partial charge in [-0.25, -0.2) is 4.79 Å². The highest BCUT2D eigenvalue weighted by atomic mass is 16.5. The van der Waals surface area contributed by atoms with Crippen molar-refractivity contribution in [1.29, 1.82) is 0 Å². The molecule has 1 aliphatic heterocycles. The number of carbonyl (C=O) groups excluding carboxylic acids is 2. The van der Waals surface area contributed by atoms with E-state index >= 15 is 0 Å². The first kappa shape index (κ1) is 11.2. The molecule has 90 valence electrons. The van der Waals surface area contributed by atoms with Gasteiger partial charge in [-0.3, -0.25) is 4.79 Å². The number of methoxy groups -OCH3 is 1. The number of likely N-dealkylation sites (tertiary alicyclic amines) is 1. The Kier molecular flexibility index (Phi) is 3.31. The summed E-state index contributed by atoms with van der Waals surface area (Å²) in [7, 11) is 1.38. The Hall–Kier alpha value is -1.26. The third-order valence-corrected chi connectivity index (χ3v) is 3.22. The van der Waals surface area contributed by atoms with Crippen LogP contribution in [0.15, 0.2) is 0 Å². The fourth-order valence-electron chi connectivity index (χ4n) is 2.00. The molecular formula is C11H18N2O3. The van der Waals surface area contributed by atoms with Crippen molar-refractivity contribution in [2.75, 3.05) is 20.2 Å². The summed E-state index contributed by atoms with van der Waals surface area (Å²) in [6.45, 7) is 1.24. The van der Waals surface area contributed by atoms with Gasteiger partial charge < -0.3 is 15.0 Å². The molecule has 1 saturated heterocycles. The topological polar surface area (TPSA) is 58.6 Å². The van der Waals surface area contributed by atoms with Crippen molar-refractivity contribution in [2.45, 2.75) is 31.7 Å². The molecule has 0 bridgehead atoms. The summed E-state index contributed by atoms with van der Waals surface area (Å²) in [5.41, 5.74) is 0. The largest absolute Gasteiger partial charge is 0.453 e. The number of hydrogen-bond donors (Lipinski definition) is 1. The van der Waals surface area contributed by atoms with Crippen LogP contribution in [0.25, 0.3) is 0 Å². The zero-order valence-electron chi connectivity index (χ0n) is 9.57. The minimum Gasteiger partial charge on any atom is -0.453 e. The Bertz CT molecular complexity index is 281. The molecule has 1 aliphatic carbocycles. The second-order valence-corrected chi connectivity index (χ2v) is 4.51. The van der Waals surface area contributed by atoms with Crippen molar-refractivity contribution in [3.63, 3.8) is 0 Å². The Morgan fingerprint density at radius 3 is 2.31 bits per heavy atom. The van der Waals surface area contributed by atoms with Gasteiger partial charge in [-0.05, 0) is 25.7 Å². The van der Waals surface area contributed by atoms with Gasteiger partial charge in [-0.1, -0.05) is 0 Å². The van der Waals surface area contributed by atoms with Crippen LogP contribution >= 0.6 is 0 Å². The molecule has 0 aromatic heterocycles. The van der Waals surface area contributed by atoms with Crippen LogP contribution in [0.3, 0.4) is 0 Å². The molecule has 16 heavy (non-hydrogen) atoms.